The van der Waals surface area contributed by atoms with Crippen molar-refractivity contribution in [2.75, 3.05) is 5.75 Å². The van der Waals surface area contributed by atoms with Crippen molar-refractivity contribution >= 4 is 18.5 Å². The van der Waals surface area contributed by atoms with Gasteiger partial charge in [-0.2, -0.15) is 12.6 Å². The van der Waals surface area contributed by atoms with Crippen molar-refractivity contribution in [3.05, 3.63) is 0 Å². The molecule has 0 aromatic heterocycles. The normalized spacial score (nSPS) is 20.5. The molecular formula is C7H14N2OS. The minimum absolute atomic E-state index is 0.0651. The van der Waals surface area contributed by atoms with Gasteiger partial charge in [-0.15, -0.1) is 0 Å². The van der Waals surface area contributed by atoms with Crippen molar-refractivity contribution < 1.29 is 4.79 Å². The molecule has 1 aliphatic rings. The monoisotopic (exact) mass is 174 g/mol. The van der Waals surface area contributed by atoms with Gasteiger partial charge >= 0.3 is 0 Å². The summed E-state index contributed by atoms with van der Waals surface area (Å²) in [4.78, 5) is 11.1. The molecule has 1 rings (SSSR count). The molecule has 0 aromatic carbocycles. The third-order valence-corrected chi connectivity index (χ3v) is 2.38. The zero-order chi connectivity index (χ0) is 8.27. The van der Waals surface area contributed by atoms with E-state index in [0.717, 1.165) is 12.8 Å². The maximum atomic E-state index is 11.1. The first-order valence-electron chi connectivity index (χ1n) is 3.91. The lowest BCUT2D eigenvalue weighted by atomic mass is 9.93. The van der Waals surface area contributed by atoms with Crippen LogP contribution >= 0.6 is 12.6 Å². The van der Waals surface area contributed by atoms with Gasteiger partial charge in [-0.3, -0.25) is 4.79 Å². The summed E-state index contributed by atoms with van der Waals surface area (Å²) in [6.07, 6.45) is 3.43. The Labute approximate surface area is 72.1 Å². The molecule has 0 saturated heterocycles. The first-order chi connectivity index (χ1) is 5.24. The highest BCUT2D eigenvalue weighted by atomic mass is 32.1. The number of carbonyl (C=O) groups excluding carboxylic acids is 1. The fourth-order valence-corrected chi connectivity index (χ4v) is 1.11. The predicted octanol–water partition coefficient (Wildman–Crippen LogP) is -0.0878. The van der Waals surface area contributed by atoms with Crippen LogP contribution in [0.2, 0.25) is 0 Å². The molecule has 3 N–H and O–H groups in total. The van der Waals surface area contributed by atoms with Crippen LogP contribution < -0.4 is 11.1 Å². The number of hydrogen-bond acceptors (Lipinski definition) is 3. The quantitative estimate of drug-likeness (QED) is 0.524. The highest BCUT2D eigenvalue weighted by molar-refractivity contribution is 7.80. The molecule has 1 saturated carbocycles. The lowest BCUT2D eigenvalue weighted by Gasteiger charge is -2.27. The average Bonchev–Trinajstić information content (AvgIpc) is 1.94. The third kappa shape index (κ3) is 2.38. The third-order valence-electron chi connectivity index (χ3n) is 1.99. The van der Waals surface area contributed by atoms with Crippen LogP contribution in [-0.2, 0) is 4.79 Å². The van der Waals surface area contributed by atoms with E-state index in [2.05, 4.69) is 17.9 Å². The summed E-state index contributed by atoms with van der Waals surface area (Å²) < 4.78 is 0. The SMILES string of the molecule is NC(CS)C(=O)NC1CCC1. The standard InChI is InChI=1S/C7H14N2OS/c8-6(4-11)7(10)9-5-2-1-3-5/h5-6,11H,1-4,8H2,(H,9,10). The van der Waals surface area contributed by atoms with Crippen LogP contribution in [0.15, 0.2) is 0 Å². The molecule has 1 atom stereocenters. The highest BCUT2D eigenvalue weighted by Gasteiger charge is 2.21. The van der Waals surface area contributed by atoms with E-state index in [1.165, 1.54) is 6.42 Å². The van der Waals surface area contributed by atoms with Crippen LogP contribution in [0.4, 0.5) is 0 Å². The Morgan fingerprint density at radius 1 is 1.73 bits per heavy atom. The molecule has 0 bridgehead atoms. The molecule has 0 heterocycles. The lowest BCUT2D eigenvalue weighted by molar-refractivity contribution is -0.123. The molecule has 0 spiro atoms. The second-order valence-electron chi connectivity index (χ2n) is 2.93. The number of carbonyl (C=O) groups is 1. The molecule has 0 aromatic rings. The fraction of sp³-hybridized carbons (Fsp3) is 0.857. The Hall–Kier alpha value is -0.220. The maximum absolute atomic E-state index is 11.1. The van der Waals surface area contributed by atoms with Gasteiger partial charge in [-0.25, -0.2) is 0 Å². The Morgan fingerprint density at radius 3 is 2.73 bits per heavy atom. The number of amides is 1. The van der Waals surface area contributed by atoms with Crippen LogP contribution in [0.25, 0.3) is 0 Å². The number of rotatable bonds is 3. The molecule has 0 aliphatic heterocycles. The fourth-order valence-electron chi connectivity index (χ4n) is 0.944. The van der Waals surface area contributed by atoms with Gasteiger partial charge in [0.15, 0.2) is 0 Å². The summed E-state index contributed by atoms with van der Waals surface area (Å²) in [5.74, 6) is 0.350. The minimum atomic E-state index is -0.445. The van der Waals surface area contributed by atoms with Crippen LogP contribution in [-0.4, -0.2) is 23.7 Å². The Kier molecular flexibility index (Phi) is 3.20. The van der Waals surface area contributed by atoms with Gasteiger partial charge in [-0.05, 0) is 19.3 Å². The lowest BCUT2D eigenvalue weighted by Crippen LogP contribution is -2.48. The summed E-state index contributed by atoms with van der Waals surface area (Å²) in [6.45, 7) is 0. The number of thiol groups is 1. The molecule has 11 heavy (non-hydrogen) atoms. The van der Waals surface area contributed by atoms with Gasteiger partial charge in [0.25, 0.3) is 0 Å². The summed E-state index contributed by atoms with van der Waals surface area (Å²) in [6, 6.07) is -0.0626. The first kappa shape index (κ1) is 8.87. The van der Waals surface area contributed by atoms with Gasteiger partial charge < -0.3 is 11.1 Å². The molecule has 1 aliphatic carbocycles. The van der Waals surface area contributed by atoms with Gasteiger partial charge in [0, 0.05) is 11.8 Å². The predicted molar refractivity (Wildman–Crippen MR) is 47.6 cm³/mol. The second kappa shape index (κ2) is 3.97. The molecule has 1 unspecified atom stereocenters. The van der Waals surface area contributed by atoms with Crippen molar-refractivity contribution in [1.82, 2.24) is 5.32 Å². The Balaban J connectivity index is 2.19. The van der Waals surface area contributed by atoms with E-state index in [0.29, 0.717) is 11.8 Å². The van der Waals surface area contributed by atoms with Crippen LogP contribution in [0.5, 0.6) is 0 Å². The topological polar surface area (TPSA) is 55.1 Å². The summed E-state index contributed by atoms with van der Waals surface area (Å²) in [7, 11) is 0. The largest absolute Gasteiger partial charge is 0.352 e. The van der Waals surface area contributed by atoms with E-state index < -0.39 is 6.04 Å². The summed E-state index contributed by atoms with van der Waals surface area (Å²) >= 11 is 3.94. The van der Waals surface area contributed by atoms with Crippen LogP contribution in [0.3, 0.4) is 0 Å². The van der Waals surface area contributed by atoms with E-state index in [4.69, 9.17) is 5.73 Å². The molecule has 1 fully saturated rings. The molecule has 3 nitrogen and oxygen atoms in total. The van der Waals surface area contributed by atoms with Gasteiger partial charge in [0.05, 0.1) is 6.04 Å². The second-order valence-corrected chi connectivity index (χ2v) is 3.29. The summed E-state index contributed by atoms with van der Waals surface area (Å²) in [5, 5.41) is 2.85. The van der Waals surface area contributed by atoms with Crippen molar-refractivity contribution in [3.8, 4) is 0 Å². The van der Waals surface area contributed by atoms with E-state index in [9.17, 15) is 4.79 Å². The Bertz CT molecular complexity index is 147. The van der Waals surface area contributed by atoms with Gasteiger partial charge in [-0.1, -0.05) is 0 Å². The first-order valence-corrected chi connectivity index (χ1v) is 4.54. The number of hydrogen-bond donors (Lipinski definition) is 3. The average molecular weight is 174 g/mol. The zero-order valence-electron chi connectivity index (χ0n) is 6.42. The molecule has 0 radical (unpaired) electrons. The molecule has 64 valence electrons. The molecule has 4 heteroatoms. The van der Waals surface area contributed by atoms with Gasteiger partial charge in [0.2, 0.25) is 5.91 Å². The highest BCUT2D eigenvalue weighted by Crippen LogP contribution is 2.17. The van der Waals surface area contributed by atoms with Crippen molar-refractivity contribution in [1.29, 1.82) is 0 Å². The molecular weight excluding hydrogens is 160 g/mol. The number of nitrogens with one attached hydrogen (secondary N) is 1. The van der Waals surface area contributed by atoms with Crippen LogP contribution in [0, 0.1) is 0 Å². The maximum Gasteiger partial charge on any atom is 0.237 e. The smallest absolute Gasteiger partial charge is 0.237 e. The minimum Gasteiger partial charge on any atom is -0.352 e. The molecule has 1 amide bonds. The van der Waals surface area contributed by atoms with E-state index in [1.807, 2.05) is 0 Å². The van der Waals surface area contributed by atoms with Crippen molar-refractivity contribution in [2.45, 2.75) is 31.3 Å². The van der Waals surface area contributed by atoms with Crippen molar-refractivity contribution in [2.24, 2.45) is 5.73 Å². The summed E-state index contributed by atoms with van der Waals surface area (Å²) in [5.41, 5.74) is 5.46. The van der Waals surface area contributed by atoms with E-state index in [-0.39, 0.29) is 5.91 Å². The van der Waals surface area contributed by atoms with E-state index in [1.54, 1.807) is 0 Å². The van der Waals surface area contributed by atoms with Crippen molar-refractivity contribution in [3.63, 3.8) is 0 Å². The van der Waals surface area contributed by atoms with Crippen LogP contribution in [0.1, 0.15) is 19.3 Å². The zero-order valence-corrected chi connectivity index (χ0v) is 7.31. The van der Waals surface area contributed by atoms with E-state index >= 15 is 0 Å². The Morgan fingerprint density at radius 2 is 2.36 bits per heavy atom. The number of nitrogens with two attached hydrogens (primary N) is 1. The van der Waals surface area contributed by atoms with Gasteiger partial charge in [0.1, 0.15) is 0 Å².